The molecule has 0 saturated carbocycles. The van der Waals surface area contributed by atoms with Gasteiger partial charge in [0.05, 0.1) is 4.90 Å². The van der Waals surface area contributed by atoms with Crippen molar-refractivity contribution in [2.45, 2.75) is 10.9 Å². The van der Waals surface area contributed by atoms with E-state index in [0.29, 0.717) is 19.2 Å². The number of nitrogens with one attached hydrogen (secondary N) is 1. The Morgan fingerprint density at radius 2 is 1.94 bits per heavy atom. The summed E-state index contributed by atoms with van der Waals surface area (Å²) in [5.41, 5.74) is 0. The summed E-state index contributed by atoms with van der Waals surface area (Å²) in [6.07, 6.45) is 0. The smallest absolute Gasteiger partial charge is 0.243 e. The molecule has 1 aromatic carbocycles. The lowest BCUT2D eigenvalue weighted by Gasteiger charge is -2.34. The predicted molar refractivity (Wildman–Crippen MR) is 58.0 cm³/mol. The van der Waals surface area contributed by atoms with Crippen LogP contribution >= 0.6 is 0 Å². The fourth-order valence-electron chi connectivity index (χ4n) is 1.53. The van der Waals surface area contributed by atoms with Crippen LogP contribution in [-0.2, 0) is 10.0 Å². The van der Waals surface area contributed by atoms with Gasteiger partial charge in [-0.05, 0) is 18.2 Å². The first-order valence-corrected chi connectivity index (χ1v) is 6.51. The van der Waals surface area contributed by atoms with Crippen molar-refractivity contribution in [2.75, 3.05) is 20.1 Å². The topological polar surface area (TPSA) is 49.4 Å². The van der Waals surface area contributed by atoms with Gasteiger partial charge in [0, 0.05) is 26.2 Å². The molecule has 0 radical (unpaired) electrons. The van der Waals surface area contributed by atoms with Gasteiger partial charge in [-0.1, -0.05) is 0 Å². The Balaban J connectivity index is 2.33. The molecular weight excluding hydrogens is 250 g/mol. The molecule has 7 heteroatoms. The second-order valence-corrected chi connectivity index (χ2v) is 5.91. The van der Waals surface area contributed by atoms with Crippen LogP contribution in [0.15, 0.2) is 23.1 Å². The highest BCUT2D eigenvalue weighted by Gasteiger charge is 2.31. The van der Waals surface area contributed by atoms with Gasteiger partial charge in [-0.3, -0.25) is 0 Å². The maximum absolute atomic E-state index is 13.0. The van der Waals surface area contributed by atoms with Crippen molar-refractivity contribution in [3.05, 3.63) is 29.8 Å². The number of benzene rings is 1. The number of hydrogen-bond donors (Lipinski definition) is 1. The SMILES string of the molecule is CN(C1CNC1)S(=O)(=O)c1ccc(F)c(F)c1. The van der Waals surface area contributed by atoms with E-state index in [4.69, 9.17) is 0 Å². The molecule has 1 fully saturated rings. The molecule has 1 N–H and O–H groups in total. The predicted octanol–water partition coefficient (Wildman–Crippen LogP) is 0.557. The molecule has 0 atom stereocenters. The first kappa shape index (κ1) is 12.4. The second-order valence-electron chi connectivity index (χ2n) is 3.91. The summed E-state index contributed by atoms with van der Waals surface area (Å²) >= 11 is 0. The van der Waals surface area contributed by atoms with Gasteiger partial charge in [-0.2, -0.15) is 4.31 Å². The number of nitrogens with zero attached hydrogens (tertiary/aromatic N) is 1. The highest BCUT2D eigenvalue weighted by Crippen LogP contribution is 2.20. The summed E-state index contributed by atoms with van der Waals surface area (Å²) in [6.45, 7) is 1.14. The third-order valence-electron chi connectivity index (χ3n) is 2.84. The van der Waals surface area contributed by atoms with Crippen molar-refractivity contribution in [3.63, 3.8) is 0 Å². The molecular formula is C10H12F2N2O2S. The third kappa shape index (κ3) is 2.18. The molecule has 0 amide bonds. The fourth-order valence-corrected chi connectivity index (χ4v) is 2.90. The Hall–Kier alpha value is -1.05. The van der Waals surface area contributed by atoms with Gasteiger partial charge in [0.15, 0.2) is 11.6 Å². The molecule has 1 heterocycles. The summed E-state index contributed by atoms with van der Waals surface area (Å²) in [4.78, 5) is -0.231. The van der Waals surface area contributed by atoms with Crippen molar-refractivity contribution in [1.82, 2.24) is 9.62 Å². The van der Waals surface area contributed by atoms with Gasteiger partial charge < -0.3 is 5.32 Å². The largest absolute Gasteiger partial charge is 0.313 e. The quantitative estimate of drug-likeness (QED) is 0.866. The Morgan fingerprint density at radius 3 is 2.41 bits per heavy atom. The van der Waals surface area contributed by atoms with E-state index in [9.17, 15) is 17.2 Å². The Kier molecular flexibility index (Phi) is 3.15. The molecule has 0 unspecified atom stereocenters. The average molecular weight is 262 g/mol. The number of halogens is 2. The molecule has 0 aromatic heterocycles. The van der Waals surface area contributed by atoms with E-state index in [1.807, 2.05) is 0 Å². The number of sulfonamides is 1. The van der Waals surface area contributed by atoms with Crippen LogP contribution in [0.1, 0.15) is 0 Å². The Labute approximate surface area is 98.3 Å². The van der Waals surface area contributed by atoms with E-state index in [0.717, 1.165) is 12.1 Å². The first-order chi connectivity index (χ1) is 7.93. The van der Waals surface area contributed by atoms with Gasteiger partial charge >= 0.3 is 0 Å². The monoisotopic (exact) mass is 262 g/mol. The second kappa shape index (κ2) is 4.32. The van der Waals surface area contributed by atoms with Gasteiger partial charge in [-0.15, -0.1) is 0 Å². The van der Waals surface area contributed by atoms with E-state index in [1.54, 1.807) is 0 Å². The minimum absolute atomic E-state index is 0.131. The van der Waals surface area contributed by atoms with Gasteiger partial charge in [-0.25, -0.2) is 17.2 Å². The highest BCUT2D eigenvalue weighted by molar-refractivity contribution is 7.89. The summed E-state index contributed by atoms with van der Waals surface area (Å²) in [6, 6.07) is 2.45. The van der Waals surface area contributed by atoms with Gasteiger partial charge in [0.2, 0.25) is 10.0 Å². The molecule has 1 aromatic rings. The molecule has 0 spiro atoms. The molecule has 2 rings (SSSR count). The van der Waals surface area contributed by atoms with Gasteiger partial charge in [0.25, 0.3) is 0 Å². The number of hydrogen-bond acceptors (Lipinski definition) is 3. The molecule has 94 valence electrons. The standard InChI is InChI=1S/C10H12F2N2O2S/c1-14(7-5-13-6-7)17(15,16)8-2-3-9(11)10(12)4-8/h2-4,7,13H,5-6H2,1H3. The minimum atomic E-state index is -3.75. The van der Waals surface area contributed by atoms with Crippen LogP contribution in [-0.4, -0.2) is 38.9 Å². The van der Waals surface area contributed by atoms with Crippen molar-refractivity contribution in [2.24, 2.45) is 0 Å². The maximum atomic E-state index is 13.0. The Bertz CT molecular complexity index is 529. The van der Waals surface area contributed by atoms with Crippen LogP contribution in [0.25, 0.3) is 0 Å². The summed E-state index contributed by atoms with van der Waals surface area (Å²) < 4.78 is 51.0. The molecule has 1 aliphatic rings. The van der Waals surface area contributed by atoms with Crippen molar-refractivity contribution in [3.8, 4) is 0 Å². The van der Waals surface area contributed by atoms with E-state index >= 15 is 0 Å². The molecule has 1 saturated heterocycles. The number of likely N-dealkylation sites (N-methyl/N-ethyl adjacent to an activating group) is 1. The lowest BCUT2D eigenvalue weighted by atomic mass is 10.2. The molecule has 4 nitrogen and oxygen atoms in total. The van der Waals surface area contributed by atoms with Crippen molar-refractivity contribution >= 4 is 10.0 Å². The maximum Gasteiger partial charge on any atom is 0.243 e. The van der Waals surface area contributed by atoms with Crippen LogP contribution in [0, 0.1) is 11.6 Å². The van der Waals surface area contributed by atoms with Gasteiger partial charge in [0.1, 0.15) is 0 Å². The van der Waals surface area contributed by atoms with E-state index in [2.05, 4.69) is 5.32 Å². The first-order valence-electron chi connectivity index (χ1n) is 5.07. The summed E-state index contributed by atoms with van der Waals surface area (Å²) in [7, 11) is -2.32. The van der Waals surface area contributed by atoms with E-state index < -0.39 is 21.7 Å². The van der Waals surface area contributed by atoms with Crippen LogP contribution in [0.5, 0.6) is 0 Å². The third-order valence-corrected chi connectivity index (χ3v) is 4.75. The fraction of sp³-hybridized carbons (Fsp3) is 0.400. The van der Waals surface area contributed by atoms with Crippen LogP contribution in [0.2, 0.25) is 0 Å². The van der Waals surface area contributed by atoms with E-state index in [-0.39, 0.29) is 10.9 Å². The van der Waals surface area contributed by atoms with Crippen LogP contribution in [0.3, 0.4) is 0 Å². The lowest BCUT2D eigenvalue weighted by molar-refractivity contribution is 0.274. The molecule has 0 aliphatic carbocycles. The zero-order valence-electron chi connectivity index (χ0n) is 9.15. The summed E-state index contributed by atoms with van der Waals surface area (Å²) in [5.74, 6) is -2.22. The van der Waals surface area contributed by atoms with Crippen LogP contribution < -0.4 is 5.32 Å². The van der Waals surface area contributed by atoms with Crippen molar-refractivity contribution in [1.29, 1.82) is 0 Å². The van der Waals surface area contributed by atoms with Crippen LogP contribution in [0.4, 0.5) is 8.78 Å². The molecule has 17 heavy (non-hydrogen) atoms. The molecule has 0 bridgehead atoms. The Morgan fingerprint density at radius 1 is 1.29 bits per heavy atom. The lowest BCUT2D eigenvalue weighted by Crippen LogP contribution is -2.57. The van der Waals surface area contributed by atoms with Crippen molar-refractivity contribution < 1.29 is 17.2 Å². The average Bonchev–Trinajstić information content (AvgIpc) is 2.19. The van der Waals surface area contributed by atoms with E-state index in [1.165, 1.54) is 11.4 Å². The summed E-state index contributed by atoms with van der Waals surface area (Å²) in [5, 5.41) is 2.95. The number of rotatable bonds is 3. The molecule has 1 aliphatic heterocycles. The zero-order valence-corrected chi connectivity index (χ0v) is 9.97. The minimum Gasteiger partial charge on any atom is -0.313 e. The highest BCUT2D eigenvalue weighted by atomic mass is 32.2. The normalized spacial score (nSPS) is 17.2. The zero-order chi connectivity index (χ0) is 12.6.